The second kappa shape index (κ2) is 5.11. The highest BCUT2D eigenvalue weighted by Crippen LogP contribution is 2.09. The number of halogens is 1. The number of carbonyl (C=O) groups excluding carboxylic acids is 1. The van der Waals surface area contributed by atoms with Gasteiger partial charge in [0.25, 0.3) is 5.91 Å². The number of hydroxylamine groups is 1. The van der Waals surface area contributed by atoms with Gasteiger partial charge >= 0.3 is 0 Å². The van der Waals surface area contributed by atoms with E-state index < -0.39 is 0 Å². The van der Waals surface area contributed by atoms with Gasteiger partial charge in [-0.1, -0.05) is 17.7 Å². The number of hydrogen-bond donors (Lipinski definition) is 2. The summed E-state index contributed by atoms with van der Waals surface area (Å²) in [5.41, 5.74) is 2.68. The summed E-state index contributed by atoms with van der Waals surface area (Å²) in [4.78, 5) is 21.1. The van der Waals surface area contributed by atoms with Gasteiger partial charge in [-0.05, 0) is 11.6 Å². The Morgan fingerprint density at radius 1 is 1.53 bits per heavy atom. The predicted octanol–water partition coefficient (Wildman–Crippen LogP) is 0.454. The van der Waals surface area contributed by atoms with Crippen molar-refractivity contribution in [3.63, 3.8) is 0 Å². The van der Waals surface area contributed by atoms with Crippen molar-refractivity contribution in [2.75, 3.05) is 13.1 Å². The maximum Gasteiger partial charge on any atom is 0.291 e. The molecule has 6 nitrogen and oxygen atoms in total. The zero-order chi connectivity index (χ0) is 12.3. The second-order valence-corrected chi connectivity index (χ2v) is 3.95. The molecule has 1 aromatic rings. The van der Waals surface area contributed by atoms with Gasteiger partial charge in [0.1, 0.15) is 5.15 Å². The molecule has 17 heavy (non-hydrogen) atoms. The van der Waals surface area contributed by atoms with Crippen molar-refractivity contribution in [1.82, 2.24) is 15.4 Å². The third kappa shape index (κ3) is 2.72. The van der Waals surface area contributed by atoms with Crippen molar-refractivity contribution in [3.05, 3.63) is 29.0 Å². The Kier molecular flexibility index (Phi) is 3.55. The van der Waals surface area contributed by atoms with Crippen molar-refractivity contribution < 1.29 is 10.0 Å². The van der Waals surface area contributed by atoms with Gasteiger partial charge in [-0.25, -0.2) is 10.5 Å². The maximum atomic E-state index is 11.8. The fourth-order valence-corrected chi connectivity index (χ4v) is 1.67. The fourth-order valence-electron chi connectivity index (χ4n) is 1.56. The van der Waals surface area contributed by atoms with Gasteiger partial charge in [-0.2, -0.15) is 0 Å². The number of amidine groups is 1. The molecule has 1 aliphatic rings. The molecule has 0 fully saturated rings. The van der Waals surface area contributed by atoms with Crippen LogP contribution < -0.4 is 5.48 Å². The van der Waals surface area contributed by atoms with Crippen LogP contribution in [0.4, 0.5) is 0 Å². The number of aromatic nitrogens is 1. The molecule has 2 heterocycles. The summed E-state index contributed by atoms with van der Waals surface area (Å²) < 4.78 is 0. The highest BCUT2D eigenvalue weighted by Gasteiger charge is 2.23. The maximum absolute atomic E-state index is 11.8. The molecule has 0 saturated heterocycles. The Morgan fingerprint density at radius 2 is 2.35 bits per heavy atom. The molecule has 2 N–H and O–H groups in total. The SMILES string of the molecule is O=C1C(NO)=NCCN1Cc1ccc(Cl)nc1. The fraction of sp³-hybridized carbons (Fsp3) is 0.300. The van der Waals surface area contributed by atoms with Crippen LogP contribution >= 0.6 is 11.6 Å². The van der Waals surface area contributed by atoms with E-state index in [1.165, 1.54) is 0 Å². The summed E-state index contributed by atoms with van der Waals surface area (Å²) >= 11 is 5.67. The summed E-state index contributed by atoms with van der Waals surface area (Å²) in [5.74, 6) is -0.355. The van der Waals surface area contributed by atoms with Gasteiger partial charge in [0, 0.05) is 19.3 Å². The Hall–Kier alpha value is -1.66. The minimum atomic E-state index is -0.325. The van der Waals surface area contributed by atoms with Crippen LogP contribution in [0.15, 0.2) is 23.3 Å². The smallest absolute Gasteiger partial charge is 0.291 e. The van der Waals surface area contributed by atoms with E-state index in [1.54, 1.807) is 28.7 Å². The lowest BCUT2D eigenvalue weighted by molar-refractivity contribution is -0.125. The van der Waals surface area contributed by atoms with Gasteiger partial charge in [0.15, 0.2) is 0 Å². The lowest BCUT2D eigenvalue weighted by Gasteiger charge is -2.25. The molecular formula is C10H11ClN4O2. The normalized spacial score (nSPS) is 15.8. The molecule has 7 heteroatoms. The van der Waals surface area contributed by atoms with Crippen molar-refractivity contribution in [2.24, 2.45) is 4.99 Å². The Morgan fingerprint density at radius 3 is 3.00 bits per heavy atom. The van der Waals surface area contributed by atoms with Crippen LogP contribution in [0.5, 0.6) is 0 Å². The molecular weight excluding hydrogens is 244 g/mol. The number of nitrogens with zero attached hydrogens (tertiary/aromatic N) is 3. The molecule has 0 aliphatic carbocycles. The van der Waals surface area contributed by atoms with Gasteiger partial charge in [0.05, 0.1) is 6.54 Å². The van der Waals surface area contributed by atoms with Gasteiger partial charge < -0.3 is 4.90 Å². The van der Waals surface area contributed by atoms with E-state index in [4.69, 9.17) is 16.8 Å². The number of amides is 1. The van der Waals surface area contributed by atoms with E-state index in [9.17, 15) is 4.79 Å². The van der Waals surface area contributed by atoms with Gasteiger partial charge in [-0.3, -0.25) is 15.0 Å². The van der Waals surface area contributed by atoms with Crippen LogP contribution in [-0.4, -0.2) is 39.9 Å². The van der Waals surface area contributed by atoms with E-state index >= 15 is 0 Å². The van der Waals surface area contributed by atoms with Crippen LogP contribution in [0.2, 0.25) is 5.15 Å². The lowest BCUT2D eigenvalue weighted by atomic mass is 10.2. The van der Waals surface area contributed by atoms with E-state index in [-0.39, 0.29) is 11.7 Å². The summed E-state index contributed by atoms with van der Waals surface area (Å²) in [5, 5.41) is 9.14. The van der Waals surface area contributed by atoms with Gasteiger partial charge in [0.2, 0.25) is 5.84 Å². The predicted molar refractivity (Wildman–Crippen MR) is 61.9 cm³/mol. The molecule has 0 atom stereocenters. The molecule has 0 saturated carbocycles. The largest absolute Gasteiger partial charge is 0.330 e. The van der Waals surface area contributed by atoms with E-state index in [0.29, 0.717) is 24.8 Å². The van der Waals surface area contributed by atoms with Gasteiger partial charge in [-0.15, -0.1) is 0 Å². The molecule has 0 radical (unpaired) electrons. The quantitative estimate of drug-likeness (QED) is 0.594. The van der Waals surface area contributed by atoms with Crippen LogP contribution in [0.3, 0.4) is 0 Å². The summed E-state index contributed by atoms with van der Waals surface area (Å²) in [7, 11) is 0. The Balaban J connectivity index is 2.07. The number of rotatable bonds is 2. The van der Waals surface area contributed by atoms with E-state index in [2.05, 4.69) is 9.98 Å². The Bertz CT molecular complexity index is 446. The molecule has 90 valence electrons. The minimum Gasteiger partial charge on any atom is -0.330 e. The van der Waals surface area contributed by atoms with Crippen molar-refractivity contribution in [2.45, 2.75) is 6.54 Å². The molecule has 0 spiro atoms. The minimum absolute atomic E-state index is 0.0295. The molecule has 0 aromatic carbocycles. The van der Waals surface area contributed by atoms with Crippen molar-refractivity contribution in [1.29, 1.82) is 0 Å². The standard InChI is InChI=1S/C10H11ClN4O2/c11-8-2-1-7(5-13-8)6-15-4-3-12-9(14-17)10(15)16/h1-2,5,17H,3-4,6H2,(H,12,14). The number of nitrogens with one attached hydrogen (secondary N) is 1. The monoisotopic (exact) mass is 254 g/mol. The van der Waals surface area contributed by atoms with E-state index in [1.807, 2.05) is 0 Å². The highest BCUT2D eigenvalue weighted by atomic mass is 35.5. The van der Waals surface area contributed by atoms with Crippen molar-refractivity contribution >= 4 is 23.3 Å². The number of pyridine rings is 1. The zero-order valence-electron chi connectivity index (χ0n) is 8.93. The molecule has 1 amide bonds. The molecule has 2 rings (SSSR count). The van der Waals surface area contributed by atoms with E-state index in [0.717, 1.165) is 5.56 Å². The third-order valence-corrected chi connectivity index (χ3v) is 2.62. The first-order chi connectivity index (χ1) is 8.20. The lowest BCUT2D eigenvalue weighted by Crippen LogP contribution is -2.46. The van der Waals surface area contributed by atoms with Crippen molar-refractivity contribution in [3.8, 4) is 0 Å². The highest BCUT2D eigenvalue weighted by molar-refractivity contribution is 6.37. The average molecular weight is 255 g/mol. The van der Waals surface area contributed by atoms with Crippen LogP contribution in [0.25, 0.3) is 0 Å². The summed E-state index contributed by atoms with van der Waals surface area (Å²) in [6.07, 6.45) is 1.62. The first-order valence-electron chi connectivity index (χ1n) is 5.05. The average Bonchev–Trinajstić information content (AvgIpc) is 2.35. The molecule has 1 aromatic heterocycles. The number of aliphatic imine (C=N–C) groups is 1. The first-order valence-corrected chi connectivity index (χ1v) is 5.43. The summed E-state index contributed by atoms with van der Waals surface area (Å²) in [6.45, 7) is 1.41. The first kappa shape index (κ1) is 11.8. The number of carbonyl (C=O) groups is 1. The van der Waals surface area contributed by atoms with Crippen LogP contribution in [0, 0.1) is 0 Å². The second-order valence-electron chi connectivity index (χ2n) is 3.56. The molecule has 0 bridgehead atoms. The topological polar surface area (TPSA) is 77.8 Å². The Labute approximate surface area is 103 Å². The van der Waals surface area contributed by atoms with Crippen LogP contribution in [-0.2, 0) is 11.3 Å². The summed E-state index contributed by atoms with van der Waals surface area (Å²) in [6, 6.07) is 3.48. The molecule has 1 aliphatic heterocycles. The van der Waals surface area contributed by atoms with Crippen LogP contribution in [0.1, 0.15) is 5.56 Å². The molecule has 0 unspecified atom stereocenters. The number of hydrogen-bond acceptors (Lipinski definition) is 5. The third-order valence-electron chi connectivity index (χ3n) is 2.40. The zero-order valence-corrected chi connectivity index (χ0v) is 9.68.